The van der Waals surface area contributed by atoms with E-state index in [4.69, 9.17) is 0 Å². The summed E-state index contributed by atoms with van der Waals surface area (Å²) in [5, 5.41) is 2.94. The van der Waals surface area contributed by atoms with Crippen LogP contribution in [-0.2, 0) is 13.0 Å². The minimum Gasteiger partial charge on any atom is -0.334 e. The third kappa shape index (κ3) is 4.14. The Bertz CT molecular complexity index is 312. The number of hydrogen-bond donors (Lipinski definition) is 1. The molecule has 1 radical (unpaired) electrons. The molecule has 2 rings (SSSR count). The third-order valence-corrected chi connectivity index (χ3v) is 3.47. The molecule has 0 aromatic heterocycles. The Balaban J connectivity index is 1.84. The van der Waals surface area contributed by atoms with E-state index >= 15 is 0 Å². The van der Waals surface area contributed by atoms with Gasteiger partial charge in [-0.05, 0) is 37.1 Å². The van der Waals surface area contributed by atoms with E-state index in [9.17, 15) is 0 Å². The first-order chi connectivity index (χ1) is 8.38. The van der Waals surface area contributed by atoms with Gasteiger partial charge in [0.1, 0.15) is 0 Å². The molecule has 93 valence electrons. The van der Waals surface area contributed by atoms with Gasteiger partial charge in [-0.15, -0.1) is 7.05 Å². The van der Waals surface area contributed by atoms with Crippen molar-refractivity contribution in [1.82, 2.24) is 4.90 Å². The van der Waals surface area contributed by atoms with Gasteiger partial charge in [-0.3, -0.25) is 4.90 Å². The van der Waals surface area contributed by atoms with Crippen molar-refractivity contribution in [1.29, 1.82) is 0 Å². The highest BCUT2D eigenvalue weighted by molar-refractivity contribution is 5.22. The fourth-order valence-corrected chi connectivity index (χ4v) is 2.42. The maximum Gasteiger partial charge on any atom is 0.0966 e. The largest absolute Gasteiger partial charge is 0.334 e. The maximum absolute atomic E-state index is 3.64. The van der Waals surface area contributed by atoms with Crippen LogP contribution in [0.25, 0.3) is 0 Å². The van der Waals surface area contributed by atoms with Crippen molar-refractivity contribution in [3.05, 3.63) is 42.4 Å². The van der Waals surface area contributed by atoms with Gasteiger partial charge in [-0.25, -0.2) is 0 Å². The normalized spacial score (nSPS) is 17.2. The molecule has 0 saturated carbocycles. The van der Waals surface area contributed by atoms with Crippen LogP contribution in [-0.4, -0.2) is 24.5 Å². The van der Waals surface area contributed by atoms with Crippen molar-refractivity contribution < 1.29 is 5.32 Å². The minimum atomic E-state index is 0.950. The van der Waals surface area contributed by atoms with Crippen LogP contribution in [0.4, 0.5) is 0 Å². The molecule has 1 aliphatic heterocycles. The van der Waals surface area contributed by atoms with E-state index in [2.05, 4.69) is 41.5 Å². The third-order valence-electron chi connectivity index (χ3n) is 3.47. The molecule has 1 aromatic rings. The number of nitrogens with zero attached hydrogens (tertiary/aromatic N) is 1. The molecular formula is C15H23N2. The number of piperidine rings is 1. The summed E-state index contributed by atoms with van der Waals surface area (Å²) in [4.78, 5) is 2.57. The number of rotatable bonds is 5. The SMILES string of the molecule is [CH2-][NH+]CCc1ccc(CN2CCCCC2)cc1. The average Bonchev–Trinajstić information content (AvgIpc) is 2.39. The predicted octanol–water partition coefficient (Wildman–Crippen LogP) is 1.36. The topological polar surface area (TPSA) is 18.8 Å². The van der Waals surface area contributed by atoms with E-state index in [0.29, 0.717) is 0 Å². The van der Waals surface area contributed by atoms with Gasteiger partial charge in [0, 0.05) is 13.0 Å². The molecule has 1 saturated heterocycles. The van der Waals surface area contributed by atoms with Crippen molar-refractivity contribution in [2.24, 2.45) is 0 Å². The van der Waals surface area contributed by atoms with Gasteiger partial charge in [-0.1, -0.05) is 30.7 Å². The van der Waals surface area contributed by atoms with Crippen LogP contribution in [0.1, 0.15) is 30.4 Å². The second-order valence-corrected chi connectivity index (χ2v) is 4.90. The van der Waals surface area contributed by atoms with E-state index in [1.165, 1.54) is 43.5 Å². The van der Waals surface area contributed by atoms with E-state index in [-0.39, 0.29) is 0 Å². The predicted molar refractivity (Wildman–Crippen MR) is 70.5 cm³/mol. The Labute approximate surface area is 105 Å². The van der Waals surface area contributed by atoms with Crippen molar-refractivity contribution in [3.63, 3.8) is 0 Å². The van der Waals surface area contributed by atoms with Crippen molar-refractivity contribution in [2.45, 2.75) is 32.2 Å². The van der Waals surface area contributed by atoms with Crippen molar-refractivity contribution >= 4 is 0 Å². The summed E-state index contributed by atoms with van der Waals surface area (Å²) in [5.41, 5.74) is 2.83. The fourth-order valence-electron chi connectivity index (χ4n) is 2.42. The molecular weight excluding hydrogens is 208 g/mol. The molecule has 0 aliphatic carbocycles. The Morgan fingerprint density at radius 3 is 2.29 bits per heavy atom. The summed E-state index contributed by atoms with van der Waals surface area (Å²) in [5.74, 6) is 0. The Kier molecular flexibility index (Phi) is 5.02. The van der Waals surface area contributed by atoms with E-state index < -0.39 is 0 Å². The number of likely N-dealkylation sites (tertiary alicyclic amines) is 1. The highest BCUT2D eigenvalue weighted by Gasteiger charge is 2.09. The van der Waals surface area contributed by atoms with E-state index in [1.807, 2.05) is 0 Å². The fraction of sp³-hybridized carbons (Fsp3) is 0.533. The molecule has 2 heteroatoms. The molecule has 0 unspecified atom stereocenters. The van der Waals surface area contributed by atoms with Gasteiger partial charge in [0.15, 0.2) is 0 Å². The van der Waals surface area contributed by atoms with Crippen LogP contribution in [0.2, 0.25) is 0 Å². The van der Waals surface area contributed by atoms with Crippen molar-refractivity contribution in [3.8, 4) is 0 Å². The zero-order valence-corrected chi connectivity index (χ0v) is 10.6. The molecule has 0 amide bonds. The summed E-state index contributed by atoms with van der Waals surface area (Å²) in [6.45, 7) is 4.61. The second kappa shape index (κ2) is 6.77. The molecule has 1 aromatic carbocycles. The average molecular weight is 231 g/mol. The summed E-state index contributed by atoms with van der Waals surface area (Å²) in [6, 6.07) is 9.04. The van der Waals surface area contributed by atoms with Crippen LogP contribution in [0, 0.1) is 7.05 Å². The molecule has 0 spiro atoms. The summed E-state index contributed by atoms with van der Waals surface area (Å²) < 4.78 is 0. The highest BCUT2D eigenvalue weighted by Crippen LogP contribution is 2.13. The zero-order valence-electron chi connectivity index (χ0n) is 10.6. The van der Waals surface area contributed by atoms with Crippen molar-refractivity contribution in [2.75, 3.05) is 19.6 Å². The molecule has 0 atom stereocenters. The molecule has 2 nitrogen and oxygen atoms in total. The molecule has 1 fully saturated rings. The first kappa shape index (κ1) is 12.6. The molecule has 17 heavy (non-hydrogen) atoms. The lowest BCUT2D eigenvalue weighted by Crippen LogP contribution is -2.77. The van der Waals surface area contributed by atoms with Gasteiger partial charge >= 0.3 is 0 Å². The monoisotopic (exact) mass is 231 g/mol. The molecule has 1 aliphatic rings. The van der Waals surface area contributed by atoms with Crippen LogP contribution in [0.5, 0.6) is 0 Å². The van der Waals surface area contributed by atoms with Gasteiger partial charge in [0.25, 0.3) is 0 Å². The number of nitrogens with one attached hydrogen (secondary N) is 1. The lowest BCUT2D eigenvalue weighted by molar-refractivity contribution is -0.594. The van der Waals surface area contributed by atoms with E-state index in [0.717, 1.165) is 19.5 Å². The van der Waals surface area contributed by atoms with Crippen LogP contribution in [0.3, 0.4) is 0 Å². The molecule has 1 heterocycles. The van der Waals surface area contributed by atoms with Crippen LogP contribution < -0.4 is 5.32 Å². The summed E-state index contributed by atoms with van der Waals surface area (Å²) >= 11 is 0. The summed E-state index contributed by atoms with van der Waals surface area (Å²) in [7, 11) is 3.64. The minimum absolute atomic E-state index is 0.950. The van der Waals surface area contributed by atoms with Gasteiger partial charge in [-0.2, -0.15) is 0 Å². The number of hydrogen-bond acceptors (Lipinski definition) is 2. The highest BCUT2D eigenvalue weighted by atomic mass is 15.1. The first-order valence-corrected chi connectivity index (χ1v) is 6.68. The molecule has 0 bridgehead atoms. The first-order valence-electron chi connectivity index (χ1n) is 6.68. The summed E-state index contributed by atoms with van der Waals surface area (Å²) in [6.07, 6.45) is 5.21. The number of benzene rings is 1. The molecule has 1 N–H and O–H groups in total. The maximum atomic E-state index is 3.64. The zero-order chi connectivity index (χ0) is 11.9. The Morgan fingerprint density at radius 2 is 1.65 bits per heavy atom. The second-order valence-electron chi connectivity index (χ2n) is 4.90. The van der Waals surface area contributed by atoms with E-state index in [1.54, 1.807) is 0 Å². The van der Waals surface area contributed by atoms with Gasteiger partial charge < -0.3 is 5.32 Å². The smallest absolute Gasteiger partial charge is 0.0966 e. The quantitative estimate of drug-likeness (QED) is 0.758. The van der Waals surface area contributed by atoms with Crippen LogP contribution in [0.15, 0.2) is 24.3 Å². The lowest BCUT2D eigenvalue weighted by atomic mass is 10.1. The van der Waals surface area contributed by atoms with Crippen LogP contribution >= 0.6 is 0 Å². The Hall–Kier alpha value is -0.860. The Morgan fingerprint density at radius 1 is 1.00 bits per heavy atom. The van der Waals surface area contributed by atoms with Gasteiger partial charge in [0.05, 0.1) is 6.54 Å². The standard InChI is InChI=1S/C15H23N2/c1-16-10-9-14-5-7-15(8-6-14)13-17-11-3-2-4-12-17/h5-8,16H,1-4,9-13H2. The van der Waals surface area contributed by atoms with Gasteiger partial charge in [0.2, 0.25) is 0 Å². The lowest BCUT2D eigenvalue weighted by Gasteiger charge is -2.26.